The van der Waals surface area contributed by atoms with Gasteiger partial charge >= 0.3 is 0 Å². The number of likely N-dealkylation sites (tertiary alicyclic amines) is 1. The molecule has 1 atom stereocenters. The number of rotatable bonds is 2. The summed E-state index contributed by atoms with van der Waals surface area (Å²) in [6, 6.07) is 5.37. The SMILES string of the molecule is Cc1ccc(C(=O)N2CCCC(S(N)(=O)=O)C2)cc1Br. The molecule has 0 aliphatic carbocycles. The van der Waals surface area contributed by atoms with E-state index in [1.165, 1.54) is 0 Å². The van der Waals surface area contributed by atoms with E-state index in [0.29, 0.717) is 24.9 Å². The van der Waals surface area contributed by atoms with Gasteiger partial charge in [0.15, 0.2) is 0 Å². The van der Waals surface area contributed by atoms with Crippen molar-refractivity contribution < 1.29 is 13.2 Å². The minimum atomic E-state index is -3.59. The first-order valence-electron chi connectivity index (χ1n) is 6.36. The van der Waals surface area contributed by atoms with Gasteiger partial charge in [0.25, 0.3) is 5.91 Å². The fourth-order valence-corrected chi connectivity index (χ4v) is 3.56. The van der Waals surface area contributed by atoms with Crippen LogP contribution in [0.4, 0.5) is 0 Å². The number of aryl methyl sites for hydroxylation is 1. The van der Waals surface area contributed by atoms with Gasteiger partial charge in [0.2, 0.25) is 10.0 Å². The Kier molecular flexibility index (Phi) is 4.51. The summed E-state index contributed by atoms with van der Waals surface area (Å²) < 4.78 is 23.7. The second kappa shape index (κ2) is 5.83. The molecule has 110 valence electrons. The number of benzene rings is 1. The second-order valence-electron chi connectivity index (χ2n) is 5.07. The van der Waals surface area contributed by atoms with Crippen molar-refractivity contribution in [2.24, 2.45) is 5.14 Å². The number of carbonyl (C=O) groups excluding carboxylic acids is 1. The molecular formula is C13H17BrN2O3S. The number of nitrogens with two attached hydrogens (primary N) is 1. The van der Waals surface area contributed by atoms with Gasteiger partial charge in [0.05, 0.1) is 5.25 Å². The highest BCUT2D eigenvalue weighted by atomic mass is 79.9. The van der Waals surface area contributed by atoms with Crippen molar-refractivity contribution in [1.29, 1.82) is 0 Å². The molecule has 1 fully saturated rings. The highest BCUT2D eigenvalue weighted by molar-refractivity contribution is 9.10. The fraction of sp³-hybridized carbons (Fsp3) is 0.462. The summed E-state index contributed by atoms with van der Waals surface area (Å²) in [7, 11) is -3.59. The molecule has 1 aromatic carbocycles. The second-order valence-corrected chi connectivity index (χ2v) is 7.77. The summed E-state index contributed by atoms with van der Waals surface area (Å²) in [6.07, 6.45) is 1.17. The zero-order valence-electron chi connectivity index (χ0n) is 11.2. The van der Waals surface area contributed by atoms with Crippen molar-refractivity contribution in [3.05, 3.63) is 33.8 Å². The van der Waals surface area contributed by atoms with Gasteiger partial charge in [0.1, 0.15) is 0 Å². The number of nitrogens with zero attached hydrogens (tertiary/aromatic N) is 1. The predicted octanol–water partition coefficient (Wildman–Crippen LogP) is 1.65. The van der Waals surface area contributed by atoms with Crippen LogP contribution >= 0.6 is 15.9 Å². The summed E-state index contributed by atoms with van der Waals surface area (Å²) in [5, 5.41) is 4.52. The van der Waals surface area contributed by atoms with Crippen LogP contribution in [0.25, 0.3) is 0 Å². The van der Waals surface area contributed by atoms with Crippen LogP contribution in [0.3, 0.4) is 0 Å². The minimum Gasteiger partial charge on any atom is -0.337 e. The highest BCUT2D eigenvalue weighted by Gasteiger charge is 2.30. The van der Waals surface area contributed by atoms with Crippen LogP contribution in [0.1, 0.15) is 28.8 Å². The van der Waals surface area contributed by atoms with Crippen molar-refractivity contribution in [3.8, 4) is 0 Å². The predicted molar refractivity (Wildman–Crippen MR) is 80.9 cm³/mol. The number of carbonyl (C=O) groups is 1. The number of halogens is 1. The van der Waals surface area contributed by atoms with Gasteiger partial charge < -0.3 is 4.90 Å². The Morgan fingerprint density at radius 2 is 2.15 bits per heavy atom. The lowest BCUT2D eigenvalue weighted by Gasteiger charge is -2.31. The maximum Gasteiger partial charge on any atom is 0.253 e. The Morgan fingerprint density at radius 3 is 2.75 bits per heavy atom. The first-order valence-corrected chi connectivity index (χ1v) is 8.76. The number of primary sulfonamides is 1. The molecule has 0 aromatic heterocycles. The maximum absolute atomic E-state index is 12.4. The molecule has 2 rings (SSSR count). The molecule has 20 heavy (non-hydrogen) atoms. The average Bonchev–Trinajstić information content (AvgIpc) is 2.40. The van der Waals surface area contributed by atoms with E-state index in [-0.39, 0.29) is 12.5 Å². The number of piperidine rings is 1. The zero-order valence-corrected chi connectivity index (χ0v) is 13.6. The van der Waals surface area contributed by atoms with E-state index in [9.17, 15) is 13.2 Å². The molecule has 2 N–H and O–H groups in total. The molecule has 1 saturated heterocycles. The highest BCUT2D eigenvalue weighted by Crippen LogP contribution is 2.21. The third-order valence-corrected chi connectivity index (χ3v) is 5.72. The molecule has 1 aliphatic heterocycles. The summed E-state index contributed by atoms with van der Waals surface area (Å²) in [5.41, 5.74) is 1.60. The molecule has 1 unspecified atom stereocenters. The molecule has 7 heteroatoms. The number of hydrogen-bond donors (Lipinski definition) is 1. The van der Waals surface area contributed by atoms with Crippen molar-refractivity contribution in [1.82, 2.24) is 4.90 Å². The molecule has 1 aromatic rings. The molecule has 0 bridgehead atoms. The fourth-order valence-electron chi connectivity index (χ4n) is 2.30. The topological polar surface area (TPSA) is 80.5 Å². The third-order valence-electron chi connectivity index (χ3n) is 3.55. The van der Waals surface area contributed by atoms with E-state index >= 15 is 0 Å². The molecule has 0 saturated carbocycles. The Hall–Kier alpha value is -0.920. The van der Waals surface area contributed by atoms with E-state index in [1.807, 2.05) is 13.0 Å². The van der Waals surface area contributed by atoms with Gasteiger partial charge in [-0.3, -0.25) is 4.79 Å². The first-order chi connectivity index (χ1) is 9.29. The standard InChI is InChI=1S/C13H17BrN2O3S/c1-9-4-5-10(7-12(9)14)13(17)16-6-2-3-11(8-16)20(15,18)19/h4-5,7,11H,2-3,6,8H2,1H3,(H2,15,18,19). The molecule has 0 spiro atoms. The van der Waals surface area contributed by atoms with Crippen LogP contribution in [0, 0.1) is 6.92 Å². The van der Waals surface area contributed by atoms with Crippen LogP contribution < -0.4 is 5.14 Å². The van der Waals surface area contributed by atoms with Crippen LogP contribution in [-0.2, 0) is 10.0 Å². The normalized spacial score (nSPS) is 19.9. The smallest absolute Gasteiger partial charge is 0.253 e. The Morgan fingerprint density at radius 1 is 1.45 bits per heavy atom. The number of hydrogen-bond acceptors (Lipinski definition) is 3. The van der Waals surface area contributed by atoms with Crippen LogP contribution in [0.5, 0.6) is 0 Å². The van der Waals surface area contributed by atoms with E-state index < -0.39 is 15.3 Å². The lowest BCUT2D eigenvalue weighted by atomic mass is 10.1. The first kappa shape index (κ1) is 15.5. The van der Waals surface area contributed by atoms with E-state index in [2.05, 4.69) is 15.9 Å². The van der Waals surface area contributed by atoms with Crippen LogP contribution in [-0.4, -0.2) is 37.6 Å². The summed E-state index contributed by atoms with van der Waals surface area (Å²) in [4.78, 5) is 14.0. The lowest BCUT2D eigenvalue weighted by Crippen LogP contribution is -2.47. The van der Waals surface area contributed by atoms with Gasteiger partial charge in [-0.15, -0.1) is 0 Å². The quantitative estimate of drug-likeness (QED) is 0.870. The molecular weight excluding hydrogens is 344 g/mol. The van der Waals surface area contributed by atoms with E-state index in [4.69, 9.17) is 5.14 Å². The van der Waals surface area contributed by atoms with E-state index in [0.717, 1.165) is 10.0 Å². The Balaban J connectivity index is 2.18. The molecule has 1 amide bonds. The van der Waals surface area contributed by atoms with Crippen molar-refractivity contribution in [2.45, 2.75) is 25.0 Å². The van der Waals surface area contributed by atoms with E-state index in [1.54, 1.807) is 17.0 Å². The number of amides is 1. The third kappa shape index (κ3) is 3.39. The Bertz CT molecular complexity index is 631. The van der Waals surface area contributed by atoms with Gasteiger partial charge in [0, 0.05) is 23.1 Å². The lowest BCUT2D eigenvalue weighted by molar-refractivity contribution is 0.0727. The monoisotopic (exact) mass is 360 g/mol. The molecule has 1 aliphatic rings. The maximum atomic E-state index is 12.4. The molecule has 0 radical (unpaired) electrons. The minimum absolute atomic E-state index is 0.154. The molecule has 5 nitrogen and oxygen atoms in total. The summed E-state index contributed by atoms with van der Waals surface area (Å²) in [5.74, 6) is -0.154. The van der Waals surface area contributed by atoms with Gasteiger partial charge in [-0.05, 0) is 37.5 Å². The largest absolute Gasteiger partial charge is 0.337 e. The van der Waals surface area contributed by atoms with Crippen molar-refractivity contribution in [3.63, 3.8) is 0 Å². The summed E-state index contributed by atoms with van der Waals surface area (Å²) in [6.45, 7) is 2.68. The zero-order chi connectivity index (χ0) is 14.9. The van der Waals surface area contributed by atoms with Crippen molar-refractivity contribution >= 4 is 31.9 Å². The number of sulfonamides is 1. The van der Waals surface area contributed by atoms with Gasteiger partial charge in [-0.2, -0.15) is 0 Å². The van der Waals surface area contributed by atoms with Crippen molar-refractivity contribution in [2.75, 3.05) is 13.1 Å². The van der Waals surface area contributed by atoms with Gasteiger partial charge in [-0.25, -0.2) is 13.6 Å². The molecule has 1 heterocycles. The Labute approximate surface area is 127 Å². The summed E-state index contributed by atoms with van der Waals surface area (Å²) >= 11 is 3.40. The van der Waals surface area contributed by atoms with Crippen LogP contribution in [0.2, 0.25) is 0 Å². The van der Waals surface area contributed by atoms with Gasteiger partial charge in [-0.1, -0.05) is 22.0 Å². The van der Waals surface area contributed by atoms with Crippen LogP contribution in [0.15, 0.2) is 22.7 Å². The average molecular weight is 361 g/mol.